The van der Waals surface area contributed by atoms with Gasteiger partial charge in [-0.2, -0.15) is 0 Å². The number of nitrogens with zero attached hydrogens (tertiary/aromatic N) is 4. The standard InChI is InChI=1S/C26H32N6O4/c1-5-11-31-13-17-19(23(31)33)21(27-25(35)29(17)3)15-7-9-16(10-8-15)22-20-18(30(4)26(36)28-22)14-32(12-6-2)24(20)34/h7-10,21-22H,5-6,11-14H2,1-4H3,(H,27,35)(H,28,36). The highest BCUT2D eigenvalue weighted by Crippen LogP contribution is 2.38. The largest absolute Gasteiger partial charge is 0.333 e. The monoisotopic (exact) mass is 492 g/mol. The summed E-state index contributed by atoms with van der Waals surface area (Å²) in [5.41, 5.74) is 4.21. The minimum atomic E-state index is -0.554. The van der Waals surface area contributed by atoms with E-state index in [9.17, 15) is 19.2 Å². The van der Waals surface area contributed by atoms with E-state index in [1.54, 1.807) is 23.9 Å². The zero-order chi connectivity index (χ0) is 25.7. The van der Waals surface area contributed by atoms with E-state index in [4.69, 9.17) is 0 Å². The molecule has 190 valence electrons. The normalized spacial score (nSPS) is 24.0. The summed E-state index contributed by atoms with van der Waals surface area (Å²) in [5.74, 6) is -0.115. The molecule has 2 N–H and O–H groups in total. The zero-order valence-corrected chi connectivity index (χ0v) is 21.1. The van der Waals surface area contributed by atoms with Crippen LogP contribution >= 0.6 is 0 Å². The zero-order valence-electron chi connectivity index (χ0n) is 21.1. The number of carbonyl (C=O) groups is 4. The number of amides is 6. The van der Waals surface area contributed by atoms with E-state index in [1.807, 2.05) is 38.1 Å². The molecule has 6 amide bonds. The van der Waals surface area contributed by atoms with Gasteiger partial charge in [0.15, 0.2) is 0 Å². The molecule has 36 heavy (non-hydrogen) atoms. The van der Waals surface area contributed by atoms with Crippen molar-refractivity contribution < 1.29 is 19.2 Å². The summed E-state index contributed by atoms with van der Waals surface area (Å²) in [6.07, 6.45) is 1.68. The maximum atomic E-state index is 13.2. The number of nitrogens with one attached hydrogen (secondary N) is 2. The number of hydrogen-bond donors (Lipinski definition) is 2. The first-order valence-electron chi connectivity index (χ1n) is 12.5. The molecule has 2 atom stereocenters. The molecule has 4 heterocycles. The van der Waals surface area contributed by atoms with E-state index >= 15 is 0 Å². The smallest absolute Gasteiger partial charge is 0.322 e. The highest BCUT2D eigenvalue weighted by atomic mass is 16.2. The summed E-state index contributed by atoms with van der Waals surface area (Å²) in [7, 11) is 3.36. The van der Waals surface area contributed by atoms with Crippen LogP contribution in [-0.2, 0) is 9.59 Å². The molecule has 4 aliphatic heterocycles. The summed E-state index contributed by atoms with van der Waals surface area (Å²) >= 11 is 0. The third-order valence-electron chi connectivity index (χ3n) is 7.46. The van der Waals surface area contributed by atoms with Gasteiger partial charge in [0.25, 0.3) is 11.8 Å². The first-order valence-corrected chi connectivity index (χ1v) is 12.5. The average Bonchev–Trinajstić information content (AvgIpc) is 3.37. The fourth-order valence-corrected chi connectivity index (χ4v) is 5.53. The van der Waals surface area contributed by atoms with Gasteiger partial charge in [0.05, 0.1) is 47.7 Å². The van der Waals surface area contributed by atoms with Crippen LogP contribution in [0.25, 0.3) is 0 Å². The Hall–Kier alpha value is -3.82. The lowest BCUT2D eigenvalue weighted by molar-refractivity contribution is -0.126. The van der Waals surface area contributed by atoms with Gasteiger partial charge in [-0.1, -0.05) is 38.1 Å². The Kier molecular flexibility index (Phi) is 5.97. The first kappa shape index (κ1) is 23.9. The van der Waals surface area contributed by atoms with E-state index in [1.165, 1.54) is 9.80 Å². The molecule has 1 aromatic rings. The van der Waals surface area contributed by atoms with Gasteiger partial charge >= 0.3 is 12.1 Å². The summed E-state index contributed by atoms with van der Waals surface area (Å²) < 4.78 is 0. The van der Waals surface area contributed by atoms with Crippen LogP contribution in [0.3, 0.4) is 0 Å². The molecule has 1 aromatic carbocycles. The van der Waals surface area contributed by atoms with Gasteiger partial charge in [-0.25, -0.2) is 9.59 Å². The third kappa shape index (κ3) is 3.63. The molecule has 0 spiro atoms. The summed E-state index contributed by atoms with van der Waals surface area (Å²) in [6, 6.07) is 5.83. The number of hydrogen-bond acceptors (Lipinski definition) is 4. The molecule has 0 fully saturated rings. The van der Waals surface area contributed by atoms with Gasteiger partial charge in [0.1, 0.15) is 0 Å². The SMILES string of the molecule is CCCN1CC2=C(C1=O)C(c1ccc(C3NC(=O)N(C)C4=C3C(=O)N(CCC)C4)cc1)NC(=O)N2C. The third-order valence-corrected chi connectivity index (χ3v) is 7.46. The molecule has 0 bridgehead atoms. The van der Waals surface area contributed by atoms with Crippen LogP contribution in [0, 0.1) is 0 Å². The Bertz CT molecular complexity index is 1110. The molecule has 0 saturated heterocycles. The van der Waals surface area contributed by atoms with Crippen molar-refractivity contribution in [1.82, 2.24) is 30.2 Å². The van der Waals surface area contributed by atoms with Crippen molar-refractivity contribution in [2.45, 2.75) is 38.8 Å². The predicted octanol–water partition coefficient (Wildman–Crippen LogP) is 2.09. The molecule has 0 aliphatic carbocycles. The molecule has 5 rings (SSSR count). The van der Waals surface area contributed by atoms with Crippen molar-refractivity contribution >= 4 is 23.9 Å². The van der Waals surface area contributed by atoms with E-state index < -0.39 is 12.1 Å². The lowest BCUT2D eigenvalue weighted by Crippen LogP contribution is -2.45. The van der Waals surface area contributed by atoms with Crippen molar-refractivity contribution in [3.8, 4) is 0 Å². The Morgan fingerprint density at radius 2 is 1.06 bits per heavy atom. The van der Waals surface area contributed by atoms with Gasteiger partial charge in [-0.05, 0) is 24.0 Å². The van der Waals surface area contributed by atoms with E-state index in [-0.39, 0.29) is 23.9 Å². The molecule has 2 unspecified atom stereocenters. The first-order chi connectivity index (χ1) is 17.3. The highest BCUT2D eigenvalue weighted by molar-refractivity contribution is 6.02. The minimum absolute atomic E-state index is 0.0577. The fourth-order valence-electron chi connectivity index (χ4n) is 5.53. The van der Waals surface area contributed by atoms with Crippen molar-refractivity contribution in [3.63, 3.8) is 0 Å². The van der Waals surface area contributed by atoms with Gasteiger partial charge in [-0.3, -0.25) is 19.4 Å². The van der Waals surface area contributed by atoms with E-state index in [0.29, 0.717) is 37.3 Å². The number of likely N-dealkylation sites (N-methyl/N-ethyl adjacent to an activating group) is 2. The number of carbonyl (C=O) groups excluding carboxylic acids is 4. The van der Waals surface area contributed by atoms with Crippen molar-refractivity contribution in [2.75, 3.05) is 40.3 Å². The second kappa shape index (κ2) is 9.00. The van der Waals surface area contributed by atoms with Crippen LogP contribution in [-0.4, -0.2) is 83.8 Å². The maximum absolute atomic E-state index is 13.2. The van der Waals surface area contributed by atoms with Crippen LogP contribution in [0.1, 0.15) is 49.9 Å². The predicted molar refractivity (Wildman–Crippen MR) is 132 cm³/mol. The second-order valence-electron chi connectivity index (χ2n) is 9.72. The highest BCUT2D eigenvalue weighted by Gasteiger charge is 2.44. The van der Waals surface area contributed by atoms with Gasteiger partial charge in [-0.15, -0.1) is 0 Å². The van der Waals surface area contributed by atoms with Crippen molar-refractivity contribution in [3.05, 3.63) is 57.9 Å². The molecular weight excluding hydrogens is 460 g/mol. The topological polar surface area (TPSA) is 105 Å². The van der Waals surface area contributed by atoms with Crippen LogP contribution in [0.4, 0.5) is 9.59 Å². The van der Waals surface area contributed by atoms with Crippen molar-refractivity contribution in [1.29, 1.82) is 0 Å². The molecule has 0 saturated carbocycles. The second-order valence-corrected chi connectivity index (χ2v) is 9.72. The Balaban J connectivity index is 1.46. The number of urea groups is 2. The van der Waals surface area contributed by atoms with Gasteiger partial charge in [0, 0.05) is 27.2 Å². The molecule has 0 aromatic heterocycles. The minimum Gasteiger partial charge on any atom is -0.333 e. The van der Waals surface area contributed by atoms with Crippen molar-refractivity contribution in [2.24, 2.45) is 0 Å². The molecule has 4 aliphatic rings. The number of benzene rings is 1. The van der Waals surface area contributed by atoms with E-state index in [0.717, 1.165) is 35.4 Å². The lowest BCUT2D eigenvalue weighted by Gasteiger charge is -2.32. The Morgan fingerprint density at radius 1 is 0.694 bits per heavy atom. The summed E-state index contributed by atoms with van der Waals surface area (Å²) in [6.45, 7) is 6.16. The van der Waals surface area contributed by atoms with Gasteiger partial charge < -0.3 is 20.4 Å². The number of rotatable bonds is 6. The molecular formula is C26H32N6O4. The van der Waals surface area contributed by atoms with E-state index in [2.05, 4.69) is 10.6 Å². The van der Waals surface area contributed by atoms with Gasteiger partial charge in [0.2, 0.25) is 0 Å². The quantitative estimate of drug-likeness (QED) is 0.634. The molecule has 10 heteroatoms. The molecule has 10 nitrogen and oxygen atoms in total. The van der Waals surface area contributed by atoms with Crippen LogP contribution < -0.4 is 10.6 Å². The van der Waals surface area contributed by atoms with Crippen LogP contribution in [0.5, 0.6) is 0 Å². The maximum Gasteiger partial charge on any atom is 0.322 e. The Morgan fingerprint density at radius 3 is 1.39 bits per heavy atom. The average molecular weight is 493 g/mol. The summed E-state index contributed by atoms with van der Waals surface area (Å²) in [4.78, 5) is 58.3. The summed E-state index contributed by atoms with van der Waals surface area (Å²) in [5, 5.41) is 5.92. The lowest BCUT2D eigenvalue weighted by atomic mass is 9.91. The van der Waals surface area contributed by atoms with Crippen LogP contribution in [0.15, 0.2) is 46.8 Å². The Labute approximate surface area is 210 Å². The van der Waals surface area contributed by atoms with Crippen LogP contribution in [0.2, 0.25) is 0 Å². The molecule has 0 radical (unpaired) electrons. The fraction of sp³-hybridized carbons (Fsp3) is 0.462.